The summed E-state index contributed by atoms with van der Waals surface area (Å²) in [5, 5.41) is 8.53. The lowest BCUT2D eigenvalue weighted by molar-refractivity contribution is 0.438. The number of amidine groups is 1. The van der Waals surface area contributed by atoms with Crippen molar-refractivity contribution >= 4 is 22.6 Å². The van der Waals surface area contributed by atoms with Gasteiger partial charge >= 0.3 is 0 Å². The van der Waals surface area contributed by atoms with Gasteiger partial charge in [0.15, 0.2) is 5.84 Å². The summed E-state index contributed by atoms with van der Waals surface area (Å²) in [5.74, 6) is 1.52. The Labute approximate surface area is 136 Å². The monoisotopic (exact) mass is 309 g/mol. The van der Waals surface area contributed by atoms with E-state index < -0.39 is 0 Å². The Kier molecular flexibility index (Phi) is 3.71. The Hall–Kier alpha value is -2.04. The molecule has 0 atom stereocenters. The number of hydrogen-bond acceptors (Lipinski definition) is 4. The predicted octanol–water partition coefficient (Wildman–Crippen LogP) is 3.79. The quantitative estimate of drug-likeness (QED) is 0.866. The van der Waals surface area contributed by atoms with E-state index in [4.69, 9.17) is 4.99 Å². The minimum atomic E-state index is 0.311. The molecule has 1 aliphatic heterocycles. The van der Waals surface area contributed by atoms with Crippen molar-refractivity contribution in [3.63, 3.8) is 0 Å². The molecule has 2 heterocycles. The molecular formula is C18H23N5. The first-order valence-corrected chi connectivity index (χ1v) is 8.69. The van der Waals surface area contributed by atoms with Crippen LogP contribution in [0.15, 0.2) is 28.2 Å². The van der Waals surface area contributed by atoms with Gasteiger partial charge in [0.05, 0.1) is 12.1 Å². The average Bonchev–Trinajstić information content (AvgIpc) is 3.22. The molecule has 0 amide bonds. The molecule has 1 fully saturated rings. The van der Waals surface area contributed by atoms with Crippen molar-refractivity contribution in [1.29, 1.82) is 0 Å². The van der Waals surface area contributed by atoms with E-state index in [1.165, 1.54) is 37.8 Å². The van der Waals surface area contributed by atoms with Crippen molar-refractivity contribution in [3.8, 4) is 0 Å². The topological polar surface area (TPSA) is 55.4 Å². The van der Waals surface area contributed by atoms with E-state index >= 15 is 0 Å². The van der Waals surface area contributed by atoms with Crippen molar-refractivity contribution in [1.82, 2.24) is 15.0 Å². The molecule has 5 heteroatoms. The number of aromatic nitrogens is 3. The number of rotatable bonds is 3. The van der Waals surface area contributed by atoms with Crippen molar-refractivity contribution in [2.24, 2.45) is 15.9 Å². The van der Waals surface area contributed by atoms with Crippen LogP contribution in [0.25, 0.3) is 11.0 Å². The Balaban J connectivity index is 1.61. The van der Waals surface area contributed by atoms with Crippen LogP contribution < -0.4 is 0 Å². The van der Waals surface area contributed by atoms with Crippen LogP contribution in [0, 0.1) is 5.92 Å². The molecule has 0 bridgehead atoms. The minimum Gasteiger partial charge on any atom is -0.260 e. The van der Waals surface area contributed by atoms with Gasteiger partial charge in [-0.15, -0.1) is 5.10 Å². The maximum atomic E-state index is 4.84. The summed E-state index contributed by atoms with van der Waals surface area (Å²) in [4.78, 5) is 9.51. The third-order valence-electron chi connectivity index (χ3n) is 4.94. The first-order valence-electron chi connectivity index (χ1n) is 8.69. The average molecular weight is 309 g/mol. The third kappa shape index (κ3) is 2.69. The van der Waals surface area contributed by atoms with E-state index in [0.717, 1.165) is 29.0 Å². The lowest BCUT2D eigenvalue weighted by Gasteiger charge is -2.20. The van der Waals surface area contributed by atoms with Gasteiger partial charge < -0.3 is 0 Å². The van der Waals surface area contributed by atoms with Crippen LogP contribution in [0.2, 0.25) is 0 Å². The lowest BCUT2D eigenvalue weighted by atomic mass is 9.86. The normalized spacial score (nSPS) is 19.4. The molecule has 0 saturated heterocycles. The zero-order valence-corrected chi connectivity index (χ0v) is 13.9. The second-order valence-corrected chi connectivity index (χ2v) is 6.91. The molecule has 120 valence electrons. The van der Waals surface area contributed by atoms with Gasteiger partial charge in [0.25, 0.3) is 0 Å². The highest BCUT2D eigenvalue weighted by Crippen LogP contribution is 2.27. The van der Waals surface area contributed by atoms with Crippen molar-refractivity contribution in [2.45, 2.75) is 52.0 Å². The summed E-state index contributed by atoms with van der Waals surface area (Å²) in [6.07, 6.45) is 6.61. The molecule has 0 unspecified atom stereocenters. The van der Waals surface area contributed by atoms with Gasteiger partial charge in [-0.1, -0.05) is 24.5 Å². The Morgan fingerprint density at radius 2 is 1.96 bits per heavy atom. The fourth-order valence-electron chi connectivity index (χ4n) is 3.64. The molecular weight excluding hydrogens is 286 g/mol. The Morgan fingerprint density at radius 3 is 2.74 bits per heavy atom. The lowest BCUT2D eigenvalue weighted by Crippen LogP contribution is -2.18. The van der Waals surface area contributed by atoms with E-state index in [0.29, 0.717) is 12.0 Å². The summed E-state index contributed by atoms with van der Waals surface area (Å²) < 4.78 is 1.95. The van der Waals surface area contributed by atoms with E-state index in [1.807, 2.05) is 4.68 Å². The molecule has 23 heavy (non-hydrogen) atoms. The summed E-state index contributed by atoms with van der Waals surface area (Å²) in [7, 11) is 0. The molecule has 4 rings (SSSR count). The molecule has 2 aliphatic rings. The van der Waals surface area contributed by atoms with E-state index in [2.05, 4.69) is 47.4 Å². The van der Waals surface area contributed by atoms with Gasteiger partial charge in [-0.2, -0.15) is 0 Å². The van der Waals surface area contributed by atoms with E-state index in [1.54, 1.807) is 0 Å². The molecule has 0 spiro atoms. The van der Waals surface area contributed by atoms with Crippen molar-refractivity contribution in [2.75, 3.05) is 6.54 Å². The molecule has 2 aromatic rings. The van der Waals surface area contributed by atoms with Crippen LogP contribution >= 0.6 is 0 Å². The second kappa shape index (κ2) is 5.87. The zero-order chi connectivity index (χ0) is 15.8. The molecule has 1 saturated carbocycles. The Morgan fingerprint density at radius 1 is 1.13 bits per heavy atom. The molecule has 1 aromatic heterocycles. The number of hydrogen-bond donors (Lipinski definition) is 0. The summed E-state index contributed by atoms with van der Waals surface area (Å²) in [6, 6.07) is 6.55. The van der Waals surface area contributed by atoms with Crippen LogP contribution in [0.4, 0.5) is 0 Å². The molecule has 1 aromatic carbocycles. The summed E-state index contributed by atoms with van der Waals surface area (Å²) in [5.41, 5.74) is 4.32. The van der Waals surface area contributed by atoms with Crippen LogP contribution in [0.1, 0.15) is 57.6 Å². The van der Waals surface area contributed by atoms with Crippen molar-refractivity contribution < 1.29 is 0 Å². The SMILES string of the molecule is CC(C)n1nnc2cc(C3=NCC(C4CCCCC4)=N3)ccc21. The highest BCUT2D eigenvalue weighted by molar-refractivity contribution is 6.13. The predicted molar refractivity (Wildman–Crippen MR) is 93.3 cm³/mol. The third-order valence-corrected chi connectivity index (χ3v) is 4.94. The highest BCUT2D eigenvalue weighted by atomic mass is 15.4. The first kappa shape index (κ1) is 14.5. The van der Waals surface area contributed by atoms with Crippen LogP contribution in [-0.4, -0.2) is 33.1 Å². The van der Waals surface area contributed by atoms with E-state index in [-0.39, 0.29) is 0 Å². The van der Waals surface area contributed by atoms with Crippen LogP contribution in [0.5, 0.6) is 0 Å². The van der Waals surface area contributed by atoms with Gasteiger partial charge in [-0.25, -0.2) is 9.67 Å². The van der Waals surface area contributed by atoms with Crippen molar-refractivity contribution in [3.05, 3.63) is 23.8 Å². The molecule has 5 nitrogen and oxygen atoms in total. The largest absolute Gasteiger partial charge is 0.260 e. The molecule has 0 radical (unpaired) electrons. The summed E-state index contributed by atoms with van der Waals surface area (Å²) >= 11 is 0. The second-order valence-electron chi connectivity index (χ2n) is 6.91. The highest BCUT2D eigenvalue weighted by Gasteiger charge is 2.23. The molecule has 1 aliphatic carbocycles. The zero-order valence-electron chi connectivity index (χ0n) is 13.9. The van der Waals surface area contributed by atoms with Gasteiger partial charge in [-0.3, -0.25) is 4.99 Å². The number of benzene rings is 1. The smallest absolute Gasteiger partial charge is 0.155 e. The molecule has 0 N–H and O–H groups in total. The van der Waals surface area contributed by atoms with E-state index in [9.17, 15) is 0 Å². The summed E-state index contributed by atoms with van der Waals surface area (Å²) in [6.45, 7) is 5.00. The van der Waals surface area contributed by atoms with Gasteiger partial charge in [0, 0.05) is 17.3 Å². The number of fused-ring (bicyclic) bond motifs is 1. The minimum absolute atomic E-state index is 0.311. The van der Waals surface area contributed by atoms with Gasteiger partial charge in [0.1, 0.15) is 5.52 Å². The Bertz CT molecular complexity index is 778. The van der Waals surface area contributed by atoms with Gasteiger partial charge in [0.2, 0.25) is 0 Å². The van der Waals surface area contributed by atoms with Crippen LogP contribution in [-0.2, 0) is 0 Å². The fraction of sp³-hybridized carbons (Fsp3) is 0.556. The van der Waals surface area contributed by atoms with Crippen LogP contribution in [0.3, 0.4) is 0 Å². The maximum absolute atomic E-state index is 4.84. The maximum Gasteiger partial charge on any atom is 0.155 e. The number of nitrogens with zero attached hydrogens (tertiary/aromatic N) is 5. The fourth-order valence-corrected chi connectivity index (χ4v) is 3.64. The first-order chi connectivity index (χ1) is 11.2. The standard InChI is InChI=1S/C18H23N5/c1-12(2)23-17-9-8-14(10-15(17)21-22-23)18-19-11-16(20-18)13-6-4-3-5-7-13/h8-10,12-13H,3-7,11H2,1-2H3. The number of aliphatic imine (C=N–C) groups is 2. The van der Waals surface area contributed by atoms with Gasteiger partial charge in [-0.05, 0) is 50.8 Å².